The van der Waals surface area contributed by atoms with Gasteiger partial charge < -0.3 is 5.73 Å². The van der Waals surface area contributed by atoms with Crippen LogP contribution in [-0.2, 0) is 10.0 Å². The van der Waals surface area contributed by atoms with Gasteiger partial charge in [0.05, 0.1) is 4.90 Å². The molecule has 0 radical (unpaired) electrons. The smallest absolute Gasteiger partial charge is 0.243 e. The van der Waals surface area contributed by atoms with E-state index < -0.39 is 15.8 Å². The number of benzene rings is 1. The quantitative estimate of drug-likeness (QED) is 0.924. The van der Waals surface area contributed by atoms with Gasteiger partial charge in [0.1, 0.15) is 5.82 Å². The highest BCUT2D eigenvalue weighted by Gasteiger charge is 2.35. The standard InChI is InChI=1S/C12H17FN2O2S.ClH/c1-9-4-5-10(13)7-12(9)18(16,17)15-6-2-3-11(15)8-14;/h4-5,7,11H,2-3,6,8,14H2,1H3;1H. The van der Waals surface area contributed by atoms with E-state index >= 15 is 0 Å². The van der Waals surface area contributed by atoms with Crippen LogP contribution in [0.5, 0.6) is 0 Å². The fourth-order valence-corrected chi connectivity index (χ4v) is 4.28. The average molecular weight is 309 g/mol. The Bertz CT molecular complexity index is 551. The molecule has 4 nitrogen and oxygen atoms in total. The molecular weight excluding hydrogens is 291 g/mol. The Kier molecular flexibility index (Phi) is 5.32. The monoisotopic (exact) mass is 308 g/mol. The largest absolute Gasteiger partial charge is 0.329 e. The summed E-state index contributed by atoms with van der Waals surface area (Å²) in [6.45, 7) is 2.42. The van der Waals surface area contributed by atoms with Gasteiger partial charge in [0.15, 0.2) is 0 Å². The highest BCUT2D eigenvalue weighted by Crippen LogP contribution is 2.27. The van der Waals surface area contributed by atoms with Crippen molar-refractivity contribution in [2.75, 3.05) is 13.1 Å². The Labute approximate surface area is 119 Å². The molecular formula is C12H18ClFN2O2S. The summed E-state index contributed by atoms with van der Waals surface area (Å²) in [7, 11) is -3.64. The first kappa shape index (κ1) is 16.4. The molecule has 2 rings (SSSR count). The summed E-state index contributed by atoms with van der Waals surface area (Å²) < 4.78 is 39.6. The first-order valence-corrected chi connectivity index (χ1v) is 7.39. The van der Waals surface area contributed by atoms with E-state index in [9.17, 15) is 12.8 Å². The topological polar surface area (TPSA) is 63.4 Å². The second-order valence-electron chi connectivity index (χ2n) is 4.56. The van der Waals surface area contributed by atoms with Crippen molar-refractivity contribution in [3.8, 4) is 0 Å². The van der Waals surface area contributed by atoms with Crippen molar-refractivity contribution in [2.45, 2.75) is 30.7 Å². The molecule has 1 atom stereocenters. The second-order valence-corrected chi connectivity index (χ2v) is 6.42. The highest BCUT2D eigenvalue weighted by molar-refractivity contribution is 7.89. The van der Waals surface area contributed by atoms with Crippen LogP contribution < -0.4 is 5.73 Å². The number of hydrogen-bond acceptors (Lipinski definition) is 3. The third-order valence-electron chi connectivity index (χ3n) is 3.33. The summed E-state index contributed by atoms with van der Waals surface area (Å²) in [4.78, 5) is 0.0443. The van der Waals surface area contributed by atoms with Gasteiger partial charge in [0.2, 0.25) is 10.0 Å². The molecule has 1 aliphatic heterocycles. The van der Waals surface area contributed by atoms with E-state index in [-0.39, 0.29) is 23.3 Å². The van der Waals surface area contributed by atoms with E-state index in [2.05, 4.69) is 0 Å². The lowest BCUT2D eigenvalue weighted by Gasteiger charge is -2.23. The molecule has 1 aromatic rings. The predicted molar refractivity (Wildman–Crippen MR) is 74.4 cm³/mol. The van der Waals surface area contributed by atoms with Crippen molar-refractivity contribution in [3.05, 3.63) is 29.6 Å². The number of nitrogens with zero attached hydrogens (tertiary/aromatic N) is 1. The van der Waals surface area contributed by atoms with E-state index in [1.165, 1.54) is 16.4 Å². The average Bonchev–Trinajstić information content (AvgIpc) is 2.81. The minimum atomic E-state index is -3.64. The molecule has 1 fully saturated rings. The van der Waals surface area contributed by atoms with E-state index in [0.29, 0.717) is 18.7 Å². The second kappa shape index (κ2) is 6.17. The summed E-state index contributed by atoms with van der Waals surface area (Å²) in [5, 5.41) is 0. The van der Waals surface area contributed by atoms with E-state index in [0.717, 1.165) is 18.9 Å². The highest BCUT2D eigenvalue weighted by atomic mass is 35.5. The van der Waals surface area contributed by atoms with Crippen LogP contribution in [0.4, 0.5) is 4.39 Å². The Hall–Kier alpha value is -0.690. The number of rotatable bonds is 3. The number of aryl methyl sites for hydroxylation is 1. The van der Waals surface area contributed by atoms with Crippen molar-refractivity contribution in [2.24, 2.45) is 5.73 Å². The normalized spacial score (nSPS) is 20.3. The number of halogens is 2. The summed E-state index contributed by atoms with van der Waals surface area (Å²) in [5.41, 5.74) is 6.14. The molecule has 108 valence electrons. The summed E-state index contributed by atoms with van der Waals surface area (Å²) in [6, 6.07) is 3.66. The number of sulfonamides is 1. The zero-order valence-corrected chi connectivity index (χ0v) is 12.3. The molecule has 1 aromatic carbocycles. The predicted octanol–water partition coefficient (Wildman–Crippen LogP) is 1.67. The molecule has 0 bridgehead atoms. The van der Waals surface area contributed by atoms with Crippen LogP contribution >= 0.6 is 12.4 Å². The van der Waals surface area contributed by atoms with E-state index in [1.54, 1.807) is 6.92 Å². The van der Waals surface area contributed by atoms with Crippen molar-refractivity contribution in [1.29, 1.82) is 0 Å². The first-order valence-electron chi connectivity index (χ1n) is 5.95. The molecule has 1 heterocycles. The van der Waals surface area contributed by atoms with Gasteiger partial charge in [-0.05, 0) is 37.5 Å². The van der Waals surface area contributed by atoms with Gasteiger partial charge in [0, 0.05) is 19.1 Å². The molecule has 1 saturated heterocycles. The minimum Gasteiger partial charge on any atom is -0.329 e. The van der Waals surface area contributed by atoms with Crippen LogP contribution in [0.2, 0.25) is 0 Å². The van der Waals surface area contributed by atoms with Gasteiger partial charge in [-0.15, -0.1) is 12.4 Å². The maximum Gasteiger partial charge on any atom is 0.243 e. The first-order chi connectivity index (χ1) is 8.46. The van der Waals surface area contributed by atoms with Gasteiger partial charge in [0.25, 0.3) is 0 Å². The van der Waals surface area contributed by atoms with Crippen LogP contribution in [-0.4, -0.2) is 31.9 Å². The fourth-order valence-electron chi connectivity index (χ4n) is 2.34. The summed E-state index contributed by atoms with van der Waals surface area (Å²) in [6.07, 6.45) is 1.57. The molecule has 0 aromatic heterocycles. The lowest BCUT2D eigenvalue weighted by molar-refractivity contribution is 0.392. The Balaban J connectivity index is 0.00000180. The number of nitrogens with two attached hydrogens (primary N) is 1. The maximum absolute atomic E-state index is 13.2. The number of hydrogen-bond donors (Lipinski definition) is 1. The van der Waals surface area contributed by atoms with Gasteiger partial charge in [-0.1, -0.05) is 6.07 Å². The van der Waals surface area contributed by atoms with Crippen molar-refractivity contribution in [3.63, 3.8) is 0 Å². The zero-order chi connectivity index (χ0) is 13.3. The zero-order valence-electron chi connectivity index (χ0n) is 10.7. The molecule has 0 aliphatic carbocycles. The Morgan fingerprint density at radius 1 is 1.47 bits per heavy atom. The molecule has 7 heteroatoms. The van der Waals surface area contributed by atoms with Crippen LogP contribution in [0.25, 0.3) is 0 Å². The summed E-state index contributed by atoms with van der Waals surface area (Å²) in [5.74, 6) is -0.539. The molecule has 0 amide bonds. The maximum atomic E-state index is 13.2. The van der Waals surface area contributed by atoms with Gasteiger partial charge >= 0.3 is 0 Å². The molecule has 0 saturated carbocycles. The summed E-state index contributed by atoms with van der Waals surface area (Å²) >= 11 is 0. The van der Waals surface area contributed by atoms with Gasteiger partial charge in [-0.3, -0.25) is 0 Å². The van der Waals surface area contributed by atoms with Crippen molar-refractivity contribution < 1.29 is 12.8 Å². The minimum absolute atomic E-state index is 0. The van der Waals surface area contributed by atoms with Crippen LogP contribution in [0.1, 0.15) is 18.4 Å². The van der Waals surface area contributed by atoms with Crippen molar-refractivity contribution in [1.82, 2.24) is 4.31 Å². The third-order valence-corrected chi connectivity index (χ3v) is 5.43. The van der Waals surface area contributed by atoms with Crippen molar-refractivity contribution >= 4 is 22.4 Å². The molecule has 1 unspecified atom stereocenters. The Morgan fingerprint density at radius 2 is 2.16 bits per heavy atom. The third kappa shape index (κ3) is 3.08. The molecule has 1 aliphatic rings. The van der Waals surface area contributed by atoms with Crippen LogP contribution in [0, 0.1) is 12.7 Å². The molecule has 0 spiro atoms. The lowest BCUT2D eigenvalue weighted by Crippen LogP contribution is -2.40. The van der Waals surface area contributed by atoms with E-state index in [1.807, 2.05) is 0 Å². The van der Waals surface area contributed by atoms with Crippen LogP contribution in [0.15, 0.2) is 23.1 Å². The van der Waals surface area contributed by atoms with Gasteiger partial charge in [-0.25, -0.2) is 12.8 Å². The van der Waals surface area contributed by atoms with Crippen LogP contribution in [0.3, 0.4) is 0 Å². The van der Waals surface area contributed by atoms with Gasteiger partial charge in [-0.2, -0.15) is 4.31 Å². The molecule has 2 N–H and O–H groups in total. The SMILES string of the molecule is Cc1ccc(F)cc1S(=O)(=O)N1CCCC1CN.Cl. The lowest BCUT2D eigenvalue weighted by atomic mass is 10.2. The Morgan fingerprint density at radius 3 is 2.79 bits per heavy atom. The van der Waals surface area contributed by atoms with E-state index in [4.69, 9.17) is 5.73 Å². The fraction of sp³-hybridized carbons (Fsp3) is 0.500. The molecule has 19 heavy (non-hydrogen) atoms.